The zero-order valence-corrected chi connectivity index (χ0v) is 12.3. The number of benzene rings is 1. The number of carbonyl (C=O) groups excluding carboxylic acids is 1. The van der Waals surface area contributed by atoms with E-state index in [-0.39, 0.29) is 5.97 Å². The maximum Gasteiger partial charge on any atom is 0.339 e. The van der Waals surface area contributed by atoms with E-state index in [9.17, 15) is 4.79 Å². The summed E-state index contributed by atoms with van der Waals surface area (Å²) >= 11 is 0. The summed E-state index contributed by atoms with van der Waals surface area (Å²) in [6.45, 7) is 2.09. The topological polar surface area (TPSA) is 57.7 Å². The summed E-state index contributed by atoms with van der Waals surface area (Å²) < 4.78 is 15.5. The molecule has 0 aliphatic rings. The minimum absolute atomic E-state index is 0.328. The summed E-state index contributed by atoms with van der Waals surface area (Å²) in [4.78, 5) is 15.9. The van der Waals surface area contributed by atoms with Crippen LogP contribution in [0, 0.1) is 0 Å². The van der Waals surface area contributed by atoms with Crippen molar-refractivity contribution in [2.45, 2.75) is 6.92 Å². The van der Waals surface area contributed by atoms with E-state index < -0.39 is 0 Å². The van der Waals surface area contributed by atoms with E-state index in [2.05, 4.69) is 4.98 Å². The summed E-state index contributed by atoms with van der Waals surface area (Å²) in [5.74, 6) is 0.960. The van der Waals surface area contributed by atoms with Gasteiger partial charge in [0.25, 0.3) is 0 Å². The highest BCUT2D eigenvalue weighted by Crippen LogP contribution is 2.33. The van der Waals surface area contributed by atoms with E-state index in [1.807, 2.05) is 12.1 Å². The van der Waals surface area contributed by atoms with Crippen LogP contribution in [0.5, 0.6) is 11.5 Å². The van der Waals surface area contributed by atoms with Gasteiger partial charge in [-0.2, -0.15) is 0 Å². The van der Waals surface area contributed by atoms with Crippen LogP contribution in [-0.4, -0.2) is 31.8 Å². The average molecular weight is 287 g/mol. The second kappa shape index (κ2) is 6.74. The largest absolute Gasteiger partial charge is 0.497 e. The molecule has 0 N–H and O–H groups in total. The second-order valence-electron chi connectivity index (χ2n) is 4.25. The minimum Gasteiger partial charge on any atom is -0.497 e. The lowest BCUT2D eigenvalue weighted by Gasteiger charge is -2.11. The van der Waals surface area contributed by atoms with Gasteiger partial charge in [-0.3, -0.25) is 4.98 Å². The fourth-order valence-electron chi connectivity index (χ4n) is 1.95. The Balaban J connectivity index is 2.42. The van der Waals surface area contributed by atoms with Crippen molar-refractivity contribution in [2.75, 3.05) is 20.8 Å². The molecule has 0 unspecified atom stereocenters. The number of methoxy groups -OCH3 is 2. The van der Waals surface area contributed by atoms with Gasteiger partial charge >= 0.3 is 5.97 Å². The Hall–Kier alpha value is -2.56. The molecule has 0 atom stereocenters. The fraction of sp³-hybridized carbons (Fsp3) is 0.250. The lowest BCUT2D eigenvalue weighted by Crippen LogP contribution is -2.05. The maximum atomic E-state index is 11.8. The van der Waals surface area contributed by atoms with E-state index in [1.165, 1.54) is 6.20 Å². The first-order valence-corrected chi connectivity index (χ1v) is 6.54. The Bertz CT molecular complexity index is 640. The number of rotatable bonds is 5. The number of aromatic nitrogens is 1. The first kappa shape index (κ1) is 14.8. The van der Waals surface area contributed by atoms with Crippen LogP contribution in [0.1, 0.15) is 17.3 Å². The molecule has 1 aromatic carbocycles. The minimum atomic E-state index is -0.390. The van der Waals surface area contributed by atoms with Crippen molar-refractivity contribution in [1.82, 2.24) is 4.98 Å². The third kappa shape index (κ3) is 3.31. The molecule has 0 saturated carbocycles. The van der Waals surface area contributed by atoms with Crippen molar-refractivity contribution < 1.29 is 19.0 Å². The third-order valence-electron chi connectivity index (χ3n) is 2.97. The molecule has 0 amide bonds. The zero-order valence-electron chi connectivity index (χ0n) is 12.3. The molecule has 2 rings (SSSR count). The Labute approximate surface area is 123 Å². The highest BCUT2D eigenvalue weighted by molar-refractivity contribution is 5.90. The normalized spacial score (nSPS) is 10.0. The number of nitrogens with zero attached hydrogens (tertiary/aromatic N) is 1. The molecule has 1 aromatic heterocycles. The Morgan fingerprint density at radius 1 is 1.14 bits per heavy atom. The monoisotopic (exact) mass is 287 g/mol. The average Bonchev–Trinajstić information content (AvgIpc) is 2.54. The van der Waals surface area contributed by atoms with Gasteiger partial charge in [0.1, 0.15) is 11.5 Å². The van der Waals surface area contributed by atoms with Gasteiger partial charge in [0.15, 0.2) is 0 Å². The number of hydrogen-bond acceptors (Lipinski definition) is 5. The molecule has 110 valence electrons. The summed E-state index contributed by atoms with van der Waals surface area (Å²) in [5.41, 5.74) is 2.02. The molecule has 0 fully saturated rings. The first-order chi connectivity index (χ1) is 10.2. The Morgan fingerprint density at radius 2 is 1.95 bits per heavy atom. The second-order valence-corrected chi connectivity index (χ2v) is 4.25. The predicted molar refractivity (Wildman–Crippen MR) is 78.7 cm³/mol. The van der Waals surface area contributed by atoms with Crippen LogP contribution in [0.15, 0.2) is 36.7 Å². The smallest absolute Gasteiger partial charge is 0.339 e. The van der Waals surface area contributed by atoms with Crippen molar-refractivity contribution >= 4 is 5.97 Å². The summed E-state index contributed by atoms with van der Waals surface area (Å²) in [6.07, 6.45) is 3.16. The molecule has 0 aliphatic carbocycles. The highest BCUT2D eigenvalue weighted by atomic mass is 16.5. The number of hydrogen-bond donors (Lipinski definition) is 0. The molecule has 1 heterocycles. The van der Waals surface area contributed by atoms with Crippen LogP contribution in [0.4, 0.5) is 0 Å². The van der Waals surface area contributed by atoms with Crippen molar-refractivity contribution in [1.29, 1.82) is 0 Å². The molecule has 0 aliphatic heterocycles. The number of pyridine rings is 1. The Morgan fingerprint density at radius 3 is 2.62 bits per heavy atom. The fourth-order valence-corrected chi connectivity index (χ4v) is 1.95. The van der Waals surface area contributed by atoms with Gasteiger partial charge in [0, 0.05) is 29.6 Å². The van der Waals surface area contributed by atoms with Crippen molar-refractivity contribution in [3.8, 4) is 22.6 Å². The third-order valence-corrected chi connectivity index (χ3v) is 2.97. The van der Waals surface area contributed by atoms with Gasteiger partial charge in [-0.15, -0.1) is 0 Å². The molecule has 0 bridgehead atoms. The molecule has 5 heteroatoms. The van der Waals surface area contributed by atoms with Crippen LogP contribution in [0.2, 0.25) is 0 Å². The quantitative estimate of drug-likeness (QED) is 0.791. The van der Waals surface area contributed by atoms with Crippen molar-refractivity contribution in [2.24, 2.45) is 0 Å². The van der Waals surface area contributed by atoms with Crippen LogP contribution < -0.4 is 9.47 Å². The van der Waals surface area contributed by atoms with Gasteiger partial charge in [-0.25, -0.2) is 4.79 Å². The highest BCUT2D eigenvalue weighted by Gasteiger charge is 2.12. The summed E-state index contributed by atoms with van der Waals surface area (Å²) in [6, 6.07) is 7.21. The molecular formula is C16H17NO4. The molecule has 0 radical (unpaired) electrons. The molecular weight excluding hydrogens is 270 g/mol. The molecule has 0 spiro atoms. The number of esters is 1. The molecule has 0 saturated heterocycles. The SMILES string of the molecule is CCOC(=O)c1cncc(-c2ccc(OC)cc2OC)c1. The van der Waals surface area contributed by atoms with Crippen LogP contribution in [0.3, 0.4) is 0 Å². The van der Waals surface area contributed by atoms with Crippen LogP contribution in [0.25, 0.3) is 11.1 Å². The lowest BCUT2D eigenvalue weighted by atomic mass is 10.0. The standard InChI is InChI=1S/C16H17NO4/c1-4-21-16(18)12-7-11(9-17-10-12)14-6-5-13(19-2)8-15(14)20-3/h5-10H,4H2,1-3H3. The number of ether oxygens (including phenoxy) is 3. The van der Waals surface area contributed by atoms with Gasteiger partial charge in [0.2, 0.25) is 0 Å². The van der Waals surface area contributed by atoms with E-state index >= 15 is 0 Å². The van der Waals surface area contributed by atoms with E-state index in [4.69, 9.17) is 14.2 Å². The van der Waals surface area contributed by atoms with Crippen LogP contribution >= 0.6 is 0 Å². The van der Waals surface area contributed by atoms with E-state index in [1.54, 1.807) is 39.5 Å². The van der Waals surface area contributed by atoms with Gasteiger partial charge in [-0.1, -0.05) is 0 Å². The van der Waals surface area contributed by atoms with Gasteiger partial charge in [0.05, 0.1) is 26.4 Å². The zero-order chi connectivity index (χ0) is 15.2. The molecule has 5 nitrogen and oxygen atoms in total. The summed E-state index contributed by atoms with van der Waals surface area (Å²) in [7, 11) is 3.18. The summed E-state index contributed by atoms with van der Waals surface area (Å²) in [5, 5.41) is 0. The van der Waals surface area contributed by atoms with E-state index in [0.717, 1.165) is 11.1 Å². The maximum absolute atomic E-state index is 11.8. The van der Waals surface area contributed by atoms with Crippen LogP contribution in [-0.2, 0) is 4.74 Å². The van der Waals surface area contributed by atoms with Crippen molar-refractivity contribution in [3.05, 3.63) is 42.2 Å². The van der Waals surface area contributed by atoms with E-state index in [0.29, 0.717) is 23.7 Å². The number of carbonyl (C=O) groups is 1. The van der Waals surface area contributed by atoms with Gasteiger partial charge in [-0.05, 0) is 25.1 Å². The first-order valence-electron chi connectivity index (χ1n) is 6.54. The van der Waals surface area contributed by atoms with Crippen molar-refractivity contribution in [3.63, 3.8) is 0 Å². The molecule has 2 aromatic rings. The predicted octanol–water partition coefficient (Wildman–Crippen LogP) is 2.94. The lowest BCUT2D eigenvalue weighted by molar-refractivity contribution is 0.0526. The van der Waals surface area contributed by atoms with Gasteiger partial charge < -0.3 is 14.2 Å². The Kier molecular flexibility index (Phi) is 4.77. The molecule has 21 heavy (non-hydrogen) atoms.